The highest BCUT2D eigenvalue weighted by Crippen LogP contribution is 2.33. The zero-order chi connectivity index (χ0) is 12.1. The van der Waals surface area contributed by atoms with Gasteiger partial charge in [-0.1, -0.05) is 25.8 Å². The Labute approximate surface area is 113 Å². The minimum atomic E-state index is 0.568. The quantitative estimate of drug-likeness (QED) is 0.775. The van der Waals surface area contributed by atoms with Crippen molar-refractivity contribution in [2.24, 2.45) is 0 Å². The van der Waals surface area contributed by atoms with Crippen LogP contribution >= 0.6 is 15.9 Å². The SMILES string of the molecule is CCCCN1CCCC[C@@H]1c1cccnc1Br. The van der Waals surface area contributed by atoms with E-state index in [4.69, 9.17) is 0 Å². The Morgan fingerprint density at radius 1 is 1.47 bits per heavy atom. The Morgan fingerprint density at radius 3 is 3.12 bits per heavy atom. The molecule has 1 aromatic heterocycles. The number of likely N-dealkylation sites (tertiary alicyclic amines) is 1. The van der Waals surface area contributed by atoms with Gasteiger partial charge in [-0.25, -0.2) is 4.98 Å². The van der Waals surface area contributed by atoms with Crippen molar-refractivity contribution in [3.05, 3.63) is 28.5 Å². The molecule has 94 valence electrons. The van der Waals surface area contributed by atoms with Crippen LogP contribution in [0.4, 0.5) is 0 Å². The molecule has 0 aliphatic carbocycles. The van der Waals surface area contributed by atoms with Gasteiger partial charge in [-0.15, -0.1) is 0 Å². The van der Waals surface area contributed by atoms with Crippen LogP contribution in [-0.2, 0) is 0 Å². The van der Waals surface area contributed by atoms with Crippen LogP contribution < -0.4 is 0 Å². The molecule has 2 heterocycles. The first-order chi connectivity index (χ1) is 8.33. The van der Waals surface area contributed by atoms with Crippen molar-refractivity contribution in [1.82, 2.24) is 9.88 Å². The number of nitrogens with zero attached hydrogens (tertiary/aromatic N) is 2. The maximum Gasteiger partial charge on any atom is 0.110 e. The molecule has 0 spiro atoms. The molecular formula is C14H21BrN2. The van der Waals surface area contributed by atoms with Crippen molar-refractivity contribution in [2.45, 2.75) is 45.1 Å². The third kappa shape index (κ3) is 3.29. The van der Waals surface area contributed by atoms with E-state index in [1.54, 1.807) is 0 Å². The highest BCUT2D eigenvalue weighted by molar-refractivity contribution is 9.10. The predicted molar refractivity (Wildman–Crippen MR) is 75.0 cm³/mol. The largest absolute Gasteiger partial charge is 0.296 e. The van der Waals surface area contributed by atoms with Crippen molar-refractivity contribution < 1.29 is 0 Å². The third-order valence-corrected chi connectivity index (χ3v) is 4.22. The molecule has 1 aromatic rings. The van der Waals surface area contributed by atoms with Crippen molar-refractivity contribution in [3.63, 3.8) is 0 Å². The van der Waals surface area contributed by atoms with Crippen molar-refractivity contribution in [3.8, 4) is 0 Å². The summed E-state index contributed by atoms with van der Waals surface area (Å²) in [5.74, 6) is 0. The van der Waals surface area contributed by atoms with Gasteiger partial charge in [0.05, 0.1) is 0 Å². The molecule has 2 nitrogen and oxygen atoms in total. The monoisotopic (exact) mass is 296 g/mol. The first kappa shape index (κ1) is 13.0. The summed E-state index contributed by atoms with van der Waals surface area (Å²) in [6, 6.07) is 4.83. The number of hydrogen-bond acceptors (Lipinski definition) is 2. The molecular weight excluding hydrogens is 276 g/mol. The number of piperidine rings is 1. The fourth-order valence-corrected chi connectivity index (χ4v) is 3.13. The maximum absolute atomic E-state index is 4.36. The summed E-state index contributed by atoms with van der Waals surface area (Å²) in [5, 5.41) is 0. The minimum Gasteiger partial charge on any atom is -0.296 e. The highest BCUT2D eigenvalue weighted by Gasteiger charge is 2.24. The lowest BCUT2D eigenvalue weighted by atomic mass is 9.96. The van der Waals surface area contributed by atoms with Crippen LogP contribution in [0.5, 0.6) is 0 Å². The molecule has 1 saturated heterocycles. The Hall–Kier alpha value is -0.410. The maximum atomic E-state index is 4.36. The van der Waals surface area contributed by atoms with E-state index in [1.807, 2.05) is 12.3 Å². The number of rotatable bonds is 4. The van der Waals surface area contributed by atoms with Crippen LogP contribution in [-0.4, -0.2) is 23.0 Å². The summed E-state index contributed by atoms with van der Waals surface area (Å²) in [6.07, 6.45) is 8.39. The van der Waals surface area contributed by atoms with Crippen LogP contribution in [0.25, 0.3) is 0 Å². The molecule has 17 heavy (non-hydrogen) atoms. The molecule has 1 atom stereocenters. The standard InChI is InChI=1S/C14H21BrN2/c1-2-3-10-17-11-5-4-8-13(17)12-7-6-9-16-14(12)15/h6-7,9,13H,2-5,8,10-11H2,1H3/t13-/m1/s1. The smallest absolute Gasteiger partial charge is 0.110 e. The van der Waals surface area contributed by atoms with Crippen LogP contribution in [0.1, 0.15) is 50.6 Å². The van der Waals surface area contributed by atoms with Crippen LogP contribution in [0.3, 0.4) is 0 Å². The first-order valence-electron chi connectivity index (χ1n) is 6.67. The van der Waals surface area contributed by atoms with E-state index in [-0.39, 0.29) is 0 Å². The average Bonchev–Trinajstić information content (AvgIpc) is 2.37. The van der Waals surface area contributed by atoms with Crippen LogP contribution in [0.2, 0.25) is 0 Å². The van der Waals surface area contributed by atoms with Gasteiger partial charge in [0.2, 0.25) is 0 Å². The summed E-state index contributed by atoms with van der Waals surface area (Å²) in [7, 11) is 0. The van der Waals surface area contributed by atoms with E-state index >= 15 is 0 Å². The average molecular weight is 297 g/mol. The molecule has 1 aliphatic rings. The van der Waals surface area contributed by atoms with Gasteiger partial charge in [-0.2, -0.15) is 0 Å². The predicted octanol–water partition coefficient (Wildman–Crippen LogP) is 4.17. The summed E-state index contributed by atoms with van der Waals surface area (Å²) in [4.78, 5) is 6.99. The fraction of sp³-hybridized carbons (Fsp3) is 0.643. The number of pyridine rings is 1. The van der Waals surface area contributed by atoms with E-state index in [2.05, 4.69) is 38.8 Å². The van der Waals surface area contributed by atoms with Gasteiger partial charge < -0.3 is 0 Å². The van der Waals surface area contributed by atoms with E-state index in [0.29, 0.717) is 6.04 Å². The summed E-state index contributed by atoms with van der Waals surface area (Å²) in [5.41, 5.74) is 1.36. The zero-order valence-electron chi connectivity index (χ0n) is 10.5. The van der Waals surface area contributed by atoms with E-state index in [1.165, 1.54) is 50.8 Å². The second-order valence-corrected chi connectivity index (χ2v) is 5.54. The molecule has 0 unspecified atom stereocenters. The molecule has 3 heteroatoms. The number of aromatic nitrogens is 1. The van der Waals surface area contributed by atoms with Gasteiger partial charge in [0, 0.05) is 17.8 Å². The number of halogens is 1. The van der Waals surface area contributed by atoms with E-state index in [0.717, 1.165) is 4.60 Å². The van der Waals surface area contributed by atoms with Gasteiger partial charge in [0.15, 0.2) is 0 Å². The van der Waals surface area contributed by atoms with Crippen molar-refractivity contribution in [2.75, 3.05) is 13.1 Å². The Kier molecular flexibility index (Phi) is 4.99. The minimum absolute atomic E-state index is 0.568. The first-order valence-corrected chi connectivity index (χ1v) is 7.46. The lowest BCUT2D eigenvalue weighted by Crippen LogP contribution is -2.34. The number of unbranched alkanes of at least 4 members (excludes halogenated alkanes) is 1. The van der Waals surface area contributed by atoms with E-state index in [9.17, 15) is 0 Å². The van der Waals surface area contributed by atoms with Gasteiger partial charge in [0.25, 0.3) is 0 Å². The molecule has 0 radical (unpaired) electrons. The molecule has 0 N–H and O–H groups in total. The van der Waals surface area contributed by atoms with Crippen molar-refractivity contribution >= 4 is 15.9 Å². The summed E-state index contributed by atoms with van der Waals surface area (Å²) in [6.45, 7) is 4.73. The fourth-order valence-electron chi connectivity index (χ4n) is 2.62. The molecule has 0 aromatic carbocycles. The Bertz CT molecular complexity index is 354. The van der Waals surface area contributed by atoms with Crippen LogP contribution in [0.15, 0.2) is 22.9 Å². The van der Waals surface area contributed by atoms with Crippen LogP contribution in [0, 0.1) is 0 Å². The lowest BCUT2D eigenvalue weighted by Gasteiger charge is -2.36. The summed E-state index contributed by atoms with van der Waals surface area (Å²) >= 11 is 3.59. The molecule has 0 amide bonds. The second-order valence-electron chi connectivity index (χ2n) is 4.78. The van der Waals surface area contributed by atoms with E-state index < -0.39 is 0 Å². The zero-order valence-corrected chi connectivity index (χ0v) is 12.1. The second kappa shape index (κ2) is 6.50. The van der Waals surface area contributed by atoms with Gasteiger partial charge in [-0.3, -0.25) is 4.90 Å². The van der Waals surface area contributed by atoms with Gasteiger partial charge >= 0.3 is 0 Å². The third-order valence-electron chi connectivity index (χ3n) is 3.56. The highest BCUT2D eigenvalue weighted by atomic mass is 79.9. The van der Waals surface area contributed by atoms with Gasteiger partial charge in [-0.05, 0) is 54.3 Å². The molecule has 0 saturated carbocycles. The summed E-state index contributed by atoms with van der Waals surface area (Å²) < 4.78 is 1.02. The lowest BCUT2D eigenvalue weighted by molar-refractivity contribution is 0.146. The number of hydrogen-bond donors (Lipinski definition) is 0. The molecule has 2 rings (SSSR count). The van der Waals surface area contributed by atoms with Gasteiger partial charge in [0.1, 0.15) is 4.60 Å². The van der Waals surface area contributed by atoms with Crippen molar-refractivity contribution in [1.29, 1.82) is 0 Å². The Balaban J connectivity index is 2.13. The normalized spacial score (nSPS) is 21.6. The topological polar surface area (TPSA) is 16.1 Å². The molecule has 1 aliphatic heterocycles. The Morgan fingerprint density at radius 2 is 2.35 bits per heavy atom. The molecule has 1 fully saturated rings. The molecule has 0 bridgehead atoms.